The summed E-state index contributed by atoms with van der Waals surface area (Å²) in [5, 5.41) is 12.6. The quantitative estimate of drug-likeness (QED) is 0.817. The lowest BCUT2D eigenvalue weighted by Crippen LogP contribution is -2.45. The largest absolute Gasteiger partial charge is 0.480 e. The third-order valence-electron chi connectivity index (χ3n) is 4.89. The molecular formula is C18H24N2O3. The van der Waals surface area contributed by atoms with E-state index in [9.17, 15) is 14.7 Å². The average molecular weight is 316 g/mol. The topological polar surface area (TPSA) is 69.6 Å². The minimum absolute atomic E-state index is 0.105. The van der Waals surface area contributed by atoms with E-state index in [1.165, 1.54) is 5.56 Å². The van der Waals surface area contributed by atoms with Gasteiger partial charge in [-0.25, -0.2) is 0 Å². The Morgan fingerprint density at radius 1 is 1.26 bits per heavy atom. The Kier molecular flexibility index (Phi) is 4.96. The number of anilines is 1. The molecule has 124 valence electrons. The summed E-state index contributed by atoms with van der Waals surface area (Å²) in [6.45, 7) is 2.30. The number of carboxylic acids is 1. The normalized spacial score (nSPS) is 21.3. The first-order valence-electron chi connectivity index (χ1n) is 8.52. The number of aliphatic carboxylic acids is 1. The molecule has 2 aliphatic rings. The van der Waals surface area contributed by atoms with Crippen LogP contribution in [-0.2, 0) is 11.2 Å². The number of carbonyl (C=O) groups excluding carboxylic acids is 1. The van der Waals surface area contributed by atoms with E-state index < -0.39 is 12.0 Å². The highest BCUT2D eigenvalue weighted by atomic mass is 16.4. The fraction of sp³-hybridized carbons (Fsp3) is 0.556. The second-order valence-corrected chi connectivity index (χ2v) is 6.46. The number of hydrogen-bond acceptors (Lipinski definition) is 4. The summed E-state index contributed by atoms with van der Waals surface area (Å²) < 4.78 is 0. The van der Waals surface area contributed by atoms with Crippen LogP contribution in [-0.4, -0.2) is 47.4 Å². The van der Waals surface area contributed by atoms with Crippen molar-refractivity contribution in [1.29, 1.82) is 0 Å². The van der Waals surface area contributed by atoms with Crippen LogP contribution in [0.2, 0.25) is 0 Å². The van der Waals surface area contributed by atoms with Gasteiger partial charge in [0.2, 0.25) is 0 Å². The summed E-state index contributed by atoms with van der Waals surface area (Å²) in [5.41, 5.74) is 3.09. The highest BCUT2D eigenvalue weighted by Crippen LogP contribution is 2.24. The van der Waals surface area contributed by atoms with E-state index in [0.717, 1.165) is 50.0 Å². The van der Waals surface area contributed by atoms with E-state index in [-0.39, 0.29) is 5.78 Å². The lowest BCUT2D eigenvalue weighted by Gasteiger charge is -2.32. The predicted molar refractivity (Wildman–Crippen MR) is 89.0 cm³/mol. The molecule has 1 atom stereocenters. The van der Waals surface area contributed by atoms with Crippen molar-refractivity contribution < 1.29 is 14.7 Å². The van der Waals surface area contributed by atoms with Crippen molar-refractivity contribution in [3.63, 3.8) is 0 Å². The highest BCUT2D eigenvalue weighted by molar-refractivity contribution is 5.97. The molecule has 5 heteroatoms. The number of likely N-dealkylation sites (tertiary alicyclic amines) is 1. The van der Waals surface area contributed by atoms with E-state index in [4.69, 9.17) is 0 Å². The van der Waals surface area contributed by atoms with Gasteiger partial charge in [-0.1, -0.05) is 6.42 Å². The molecule has 3 rings (SSSR count). The molecule has 1 fully saturated rings. The molecule has 0 spiro atoms. The monoisotopic (exact) mass is 316 g/mol. The van der Waals surface area contributed by atoms with Crippen molar-refractivity contribution >= 4 is 17.4 Å². The molecule has 2 N–H and O–H groups in total. The molecule has 1 aromatic rings. The minimum atomic E-state index is -0.767. The summed E-state index contributed by atoms with van der Waals surface area (Å²) in [6, 6.07) is 5.44. The van der Waals surface area contributed by atoms with Gasteiger partial charge in [0.1, 0.15) is 6.04 Å². The molecule has 1 saturated heterocycles. The maximum atomic E-state index is 12.5. The van der Waals surface area contributed by atoms with Gasteiger partial charge in [-0.3, -0.25) is 14.5 Å². The van der Waals surface area contributed by atoms with Crippen LogP contribution in [0.3, 0.4) is 0 Å². The molecule has 5 nitrogen and oxygen atoms in total. The molecule has 23 heavy (non-hydrogen) atoms. The van der Waals surface area contributed by atoms with Crippen LogP contribution < -0.4 is 5.32 Å². The lowest BCUT2D eigenvalue weighted by atomic mass is 9.97. The Balaban J connectivity index is 1.61. The zero-order valence-electron chi connectivity index (χ0n) is 13.4. The van der Waals surface area contributed by atoms with Gasteiger partial charge >= 0.3 is 5.97 Å². The van der Waals surface area contributed by atoms with Crippen molar-refractivity contribution in [2.75, 3.05) is 25.0 Å². The smallest absolute Gasteiger partial charge is 0.320 e. The number of nitrogens with one attached hydrogen (secondary N) is 1. The van der Waals surface area contributed by atoms with Crippen molar-refractivity contribution in [2.24, 2.45) is 0 Å². The molecule has 0 amide bonds. The lowest BCUT2D eigenvalue weighted by molar-refractivity contribution is -0.144. The Morgan fingerprint density at radius 3 is 2.96 bits per heavy atom. The molecule has 2 heterocycles. The van der Waals surface area contributed by atoms with Crippen molar-refractivity contribution in [3.05, 3.63) is 29.3 Å². The minimum Gasteiger partial charge on any atom is -0.480 e. The fourth-order valence-electron chi connectivity index (χ4n) is 3.58. The molecular weight excluding hydrogens is 292 g/mol. The number of carbonyl (C=O) groups is 2. The number of carboxylic acid groups (broad SMARTS) is 1. The van der Waals surface area contributed by atoms with Gasteiger partial charge in [-0.15, -0.1) is 0 Å². The molecule has 1 unspecified atom stereocenters. The zero-order chi connectivity index (χ0) is 16.2. The van der Waals surface area contributed by atoms with Crippen LogP contribution in [0.4, 0.5) is 5.69 Å². The molecule has 0 aliphatic carbocycles. The highest BCUT2D eigenvalue weighted by Gasteiger charge is 2.28. The van der Waals surface area contributed by atoms with Crippen molar-refractivity contribution in [2.45, 2.75) is 44.6 Å². The van der Waals surface area contributed by atoms with Gasteiger partial charge < -0.3 is 10.4 Å². The van der Waals surface area contributed by atoms with Crippen LogP contribution in [0, 0.1) is 0 Å². The van der Waals surface area contributed by atoms with Gasteiger partial charge in [0.05, 0.1) is 0 Å². The first kappa shape index (κ1) is 16.0. The molecule has 2 aliphatic heterocycles. The summed E-state index contributed by atoms with van der Waals surface area (Å²) >= 11 is 0. The van der Waals surface area contributed by atoms with E-state index in [1.54, 1.807) is 0 Å². The number of piperidine rings is 1. The van der Waals surface area contributed by atoms with Gasteiger partial charge in [-0.2, -0.15) is 0 Å². The maximum Gasteiger partial charge on any atom is 0.320 e. The number of benzene rings is 1. The van der Waals surface area contributed by atoms with Crippen LogP contribution in [0.5, 0.6) is 0 Å². The molecule has 0 radical (unpaired) electrons. The van der Waals surface area contributed by atoms with Gasteiger partial charge in [-0.05, 0) is 56.0 Å². The number of nitrogens with zero attached hydrogens (tertiary/aromatic N) is 1. The SMILES string of the molecule is O=C(CCN1CCCCC1C(=O)O)c1ccc2c(c1)CCCN2. The number of hydrogen-bond donors (Lipinski definition) is 2. The third kappa shape index (κ3) is 3.72. The molecule has 0 bridgehead atoms. The van der Waals surface area contributed by atoms with Crippen LogP contribution in [0.1, 0.15) is 48.0 Å². The molecule has 0 saturated carbocycles. The number of ketones is 1. The van der Waals surface area contributed by atoms with E-state index in [0.29, 0.717) is 19.4 Å². The van der Waals surface area contributed by atoms with E-state index >= 15 is 0 Å². The molecule has 0 aromatic heterocycles. The Labute approximate surface area is 136 Å². The van der Waals surface area contributed by atoms with E-state index in [1.807, 2.05) is 23.1 Å². The Morgan fingerprint density at radius 2 is 2.13 bits per heavy atom. The second kappa shape index (κ2) is 7.13. The number of Topliss-reactive ketones (excluding diaryl/α,β-unsaturated/α-hetero) is 1. The average Bonchev–Trinajstić information content (AvgIpc) is 2.59. The van der Waals surface area contributed by atoms with Crippen molar-refractivity contribution in [1.82, 2.24) is 4.90 Å². The number of aryl methyl sites for hydroxylation is 1. The first-order chi connectivity index (χ1) is 11.1. The third-order valence-corrected chi connectivity index (χ3v) is 4.89. The van der Waals surface area contributed by atoms with Crippen LogP contribution in [0.15, 0.2) is 18.2 Å². The van der Waals surface area contributed by atoms with Crippen molar-refractivity contribution in [3.8, 4) is 0 Å². The maximum absolute atomic E-state index is 12.5. The number of fused-ring (bicyclic) bond motifs is 1. The summed E-state index contributed by atoms with van der Waals surface area (Å²) in [4.78, 5) is 25.7. The van der Waals surface area contributed by atoms with Gasteiger partial charge in [0, 0.05) is 30.8 Å². The van der Waals surface area contributed by atoms with Gasteiger partial charge in [0.25, 0.3) is 0 Å². The van der Waals surface area contributed by atoms with Crippen LogP contribution >= 0.6 is 0 Å². The summed E-state index contributed by atoms with van der Waals surface area (Å²) in [7, 11) is 0. The standard InChI is InChI=1S/C18H24N2O3/c21-17(8-11-20-10-2-1-5-16(20)18(22)23)14-6-7-15-13(12-14)4-3-9-19-15/h6-7,12,16,19H,1-5,8-11H2,(H,22,23). The Bertz CT molecular complexity index is 600. The van der Waals surface area contributed by atoms with Crippen LogP contribution in [0.25, 0.3) is 0 Å². The predicted octanol–water partition coefficient (Wildman–Crippen LogP) is 2.56. The number of rotatable bonds is 5. The van der Waals surface area contributed by atoms with E-state index in [2.05, 4.69) is 5.32 Å². The van der Waals surface area contributed by atoms with Gasteiger partial charge in [0.15, 0.2) is 5.78 Å². The zero-order valence-corrected chi connectivity index (χ0v) is 13.4. The fourth-order valence-corrected chi connectivity index (χ4v) is 3.58. The summed E-state index contributed by atoms with van der Waals surface area (Å²) in [6.07, 6.45) is 5.15. The Hall–Kier alpha value is -1.88. The first-order valence-corrected chi connectivity index (χ1v) is 8.52. The summed E-state index contributed by atoms with van der Waals surface area (Å²) in [5.74, 6) is -0.662. The second-order valence-electron chi connectivity index (χ2n) is 6.46. The molecule has 1 aromatic carbocycles.